The van der Waals surface area contributed by atoms with E-state index in [0.717, 1.165) is 25.9 Å². The van der Waals surface area contributed by atoms with Crippen molar-refractivity contribution in [1.29, 1.82) is 0 Å². The second-order valence-corrected chi connectivity index (χ2v) is 2.87. The summed E-state index contributed by atoms with van der Waals surface area (Å²) in [7, 11) is 0. The summed E-state index contributed by atoms with van der Waals surface area (Å²) < 4.78 is 0. The highest BCUT2D eigenvalue weighted by molar-refractivity contribution is 4.70. The molecule has 1 saturated heterocycles. The summed E-state index contributed by atoms with van der Waals surface area (Å²) in [5.74, 6) is 0.486. The Morgan fingerprint density at radius 3 is 2.78 bits per heavy atom. The Bertz CT molecular complexity index is 75.0. The number of rotatable bonds is 0. The minimum absolute atomic E-state index is 0.0694. The van der Waals surface area contributed by atoms with E-state index in [4.69, 9.17) is 0 Å². The van der Waals surface area contributed by atoms with E-state index in [-0.39, 0.29) is 6.10 Å². The highest BCUT2D eigenvalue weighted by atomic mass is 16.3. The van der Waals surface area contributed by atoms with Gasteiger partial charge in [0.05, 0.1) is 6.10 Å². The number of aliphatic hydroxyl groups excluding tert-OH is 1. The lowest BCUT2D eigenvalue weighted by Crippen LogP contribution is -2.16. The molecular weight excluding hydrogens is 114 g/mol. The number of aliphatic hydroxyl groups is 1. The molecule has 0 spiro atoms. The van der Waals surface area contributed by atoms with Crippen molar-refractivity contribution in [2.75, 3.05) is 13.1 Å². The number of nitrogens with one attached hydrogen (secondary N) is 1. The summed E-state index contributed by atoms with van der Waals surface area (Å²) in [5, 5.41) is 12.6. The molecule has 2 nitrogen and oxygen atoms in total. The van der Waals surface area contributed by atoms with Gasteiger partial charge in [-0.2, -0.15) is 0 Å². The smallest absolute Gasteiger partial charge is 0.0578 e. The molecule has 2 N–H and O–H groups in total. The van der Waals surface area contributed by atoms with Gasteiger partial charge in [0, 0.05) is 0 Å². The van der Waals surface area contributed by atoms with Gasteiger partial charge in [-0.3, -0.25) is 0 Å². The first-order valence-electron chi connectivity index (χ1n) is 3.69. The lowest BCUT2D eigenvalue weighted by molar-refractivity contribution is 0.114. The Kier molecular flexibility index (Phi) is 2.49. The van der Waals surface area contributed by atoms with Crippen molar-refractivity contribution in [1.82, 2.24) is 5.32 Å². The molecule has 0 saturated carbocycles. The number of hydrogen-bond donors (Lipinski definition) is 2. The van der Waals surface area contributed by atoms with Gasteiger partial charge in [-0.1, -0.05) is 6.92 Å². The molecule has 0 unspecified atom stereocenters. The third-order valence-corrected chi connectivity index (χ3v) is 2.05. The first-order chi connectivity index (χ1) is 4.30. The summed E-state index contributed by atoms with van der Waals surface area (Å²) >= 11 is 0. The summed E-state index contributed by atoms with van der Waals surface area (Å²) in [6, 6.07) is 0. The Morgan fingerprint density at radius 2 is 2.00 bits per heavy atom. The van der Waals surface area contributed by atoms with Crippen LogP contribution in [0.3, 0.4) is 0 Å². The van der Waals surface area contributed by atoms with Crippen molar-refractivity contribution < 1.29 is 5.11 Å². The van der Waals surface area contributed by atoms with Crippen LogP contribution in [0, 0.1) is 5.92 Å². The molecule has 0 aliphatic carbocycles. The lowest BCUT2D eigenvalue weighted by Gasteiger charge is -2.12. The standard InChI is InChI=1S/C7H15NO/c1-6-2-4-8-5-3-7(6)9/h6-9H,2-5H2,1H3/t6-,7+/m1/s1. The van der Waals surface area contributed by atoms with Gasteiger partial charge in [0.1, 0.15) is 0 Å². The van der Waals surface area contributed by atoms with E-state index < -0.39 is 0 Å². The molecule has 0 bridgehead atoms. The molecule has 1 aliphatic heterocycles. The minimum Gasteiger partial charge on any atom is -0.393 e. The van der Waals surface area contributed by atoms with Crippen LogP contribution in [0.1, 0.15) is 19.8 Å². The van der Waals surface area contributed by atoms with Crippen LogP contribution < -0.4 is 5.32 Å². The van der Waals surface area contributed by atoms with Gasteiger partial charge < -0.3 is 10.4 Å². The molecule has 2 atom stereocenters. The first kappa shape index (κ1) is 7.03. The molecule has 54 valence electrons. The summed E-state index contributed by atoms with van der Waals surface area (Å²) in [6.07, 6.45) is 1.96. The molecule has 0 amide bonds. The van der Waals surface area contributed by atoms with Crippen LogP contribution in [0.2, 0.25) is 0 Å². The fraction of sp³-hybridized carbons (Fsp3) is 1.00. The van der Waals surface area contributed by atoms with Crippen molar-refractivity contribution in [2.45, 2.75) is 25.9 Å². The fourth-order valence-electron chi connectivity index (χ4n) is 1.18. The van der Waals surface area contributed by atoms with E-state index in [1.54, 1.807) is 0 Å². The van der Waals surface area contributed by atoms with Crippen LogP contribution in [0.4, 0.5) is 0 Å². The van der Waals surface area contributed by atoms with E-state index in [2.05, 4.69) is 12.2 Å². The topological polar surface area (TPSA) is 32.3 Å². The van der Waals surface area contributed by atoms with Crippen LogP contribution in [-0.4, -0.2) is 24.3 Å². The minimum atomic E-state index is -0.0694. The molecule has 1 aliphatic rings. The van der Waals surface area contributed by atoms with Gasteiger partial charge in [-0.25, -0.2) is 0 Å². The zero-order valence-corrected chi connectivity index (χ0v) is 5.93. The molecule has 0 aromatic heterocycles. The van der Waals surface area contributed by atoms with Crippen molar-refractivity contribution in [3.05, 3.63) is 0 Å². The molecule has 0 radical (unpaired) electrons. The zero-order valence-electron chi connectivity index (χ0n) is 5.93. The molecule has 1 rings (SSSR count). The highest BCUT2D eigenvalue weighted by Gasteiger charge is 2.15. The molecule has 9 heavy (non-hydrogen) atoms. The normalized spacial score (nSPS) is 38.0. The van der Waals surface area contributed by atoms with E-state index in [1.807, 2.05) is 0 Å². The van der Waals surface area contributed by atoms with Crippen molar-refractivity contribution >= 4 is 0 Å². The van der Waals surface area contributed by atoms with Gasteiger partial charge in [-0.15, -0.1) is 0 Å². The predicted molar refractivity (Wildman–Crippen MR) is 37.3 cm³/mol. The predicted octanol–water partition coefficient (Wildman–Crippen LogP) is 0.367. The van der Waals surface area contributed by atoms with E-state index in [1.165, 1.54) is 0 Å². The number of hydrogen-bond acceptors (Lipinski definition) is 2. The summed E-state index contributed by atoms with van der Waals surface area (Å²) in [6.45, 7) is 4.15. The maximum atomic E-state index is 9.32. The average Bonchev–Trinajstić information content (AvgIpc) is 1.99. The molecule has 0 aromatic carbocycles. The average molecular weight is 129 g/mol. The second-order valence-electron chi connectivity index (χ2n) is 2.87. The molecular formula is C7H15NO. The zero-order chi connectivity index (χ0) is 6.69. The third-order valence-electron chi connectivity index (χ3n) is 2.05. The molecule has 0 aromatic rings. The Hall–Kier alpha value is -0.0800. The van der Waals surface area contributed by atoms with Crippen LogP contribution in [0.15, 0.2) is 0 Å². The van der Waals surface area contributed by atoms with Gasteiger partial charge in [0.15, 0.2) is 0 Å². The Labute approximate surface area is 56.3 Å². The van der Waals surface area contributed by atoms with E-state index in [9.17, 15) is 5.11 Å². The second kappa shape index (κ2) is 3.18. The van der Waals surface area contributed by atoms with Crippen molar-refractivity contribution in [3.8, 4) is 0 Å². The van der Waals surface area contributed by atoms with E-state index >= 15 is 0 Å². The third kappa shape index (κ3) is 1.95. The molecule has 2 heteroatoms. The summed E-state index contributed by atoms with van der Waals surface area (Å²) in [5.41, 5.74) is 0. The fourth-order valence-corrected chi connectivity index (χ4v) is 1.18. The first-order valence-corrected chi connectivity index (χ1v) is 3.69. The van der Waals surface area contributed by atoms with Gasteiger partial charge in [0.2, 0.25) is 0 Å². The SMILES string of the molecule is C[C@@H]1CCNCC[C@@H]1O. The van der Waals surface area contributed by atoms with Crippen molar-refractivity contribution in [2.24, 2.45) is 5.92 Å². The van der Waals surface area contributed by atoms with Crippen LogP contribution in [0.25, 0.3) is 0 Å². The quantitative estimate of drug-likeness (QED) is 0.495. The van der Waals surface area contributed by atoms with Crippen LogP contribution in [-0.2, 0) is 0 Å². The largest absolute Gasteiger partial charge is 0.393 e. The van der Waals surface area contributed by atoms with Gasteiger partial charge in [0.25, 0.3) is 0 Å². The maximum Gasteiger partial charge on any atom is 0.0578 e. The molecule has 1 heterocycles. The Balaban J connectivity index is 2.32. The lowest BCUT2D eigenvalue weighted by atomic mass is 10.0. The highest BCUT2D eigenvalue weighted by Crippen LogP contribution is 2.12. The summed E-state index contributed by atoms with van der Waals surface area (Å²) in [4.78, 5) is 0. The monoisotopic (exact) mass is 129 g/mol. The van der Waals surface area contributed by atoms with E-state index in [0.29, 0.717) is 5.92 Å². The van der Waals surface area contributed by atoms with Gasteiger partial charge >= 0.3 is 0 Å². The van der Waals surface area contributed by atoms with Crippen LogP contribution in [0.5, 0.6) is 0 Å². The van der Waals surface area contributed by atoms with Gasteiger partial charge in [-0.05, 0) is 31.8 Å². The van der Waals surface area contributed by atoms with Crippen molar-refractivity contribution in [3.63, 3.8) is 0 Å². The van der Waals surface area contributed by atoms with Crippen LogP contribution >= 0.6 is 0 Å². The maximum absolute atomic E-state index is 9.32. The molecule has 1 fully saturated rings. The Morgan fingerprint density at radius 1 is 1.33 bits per heavy atom.